The van der Waals surface area contributed by atoms with Gasteiger partial charge in [-0.05, 0) is 22.0 Å². The second-order valence-electron chi connectivity index (χ2n) is 4.00. The van der Waals surface area contributed by atoms with Crippen LogP contribution in [0.3, 0.4) is 0 Å². The molecule has 1 aromatic carbocycles. The van der Waals surface area contributed by atoms with Crippen molar-refractivity contribution in [1.29, 1.82) is 5.26 Å². The molecule has 0 saturated carbocycles. The van der Waals surface area contributed by atoms with Crippen molar-refractivity contribution in [2.75, 3.05) is 12.8 Å². The lowest BCUT2D eigenvalue weighted by atomic mass is 10.2. The number of esters is 1. The van der Waals surface area contributed by atoms with Crippen molar-refractivity contribution in [3.63, 3.8) is 0 Å². The number of benzene rings is 1. The van der Waals surface area contributed by atoms with Crippen molar-refractivity contribution in [3.8, 4) is 11.8 Å². The largest absolute Gasteiger partial charge is 0.464 e. The van der Waals surface area contributed by atoms with Crippen LogP contribution in [0.5, 0.6) is 0 Å². The minimum Gasteiger partial charge on any atom is -0.464 e. The normalized spacial score (nSPS) is 10.2. The fourth-order valence-electron chi connectivity index (χ4n) is 1.86. The van der Waals surface area contributed by atoms with E-state index in [2.05, 4.69) is 20.7 Å². The molecule has 2 N–H and O–H groups in total. The summed E-state index contributed by atoms with van der Waals surface area (Å²) in [6.07, 6.45) is 1.18. The number of halogens is 3. The number of hydrogen-bond donors (Lipinski definition) is 1. The Bertz CT molecular complexity index is 757. The number of ether oxygens (including phenoxy) is 1. The number of methoxy groups -OCH3 is 1. The standard InChI is InChI=1S/C13H8BrF2N3O2/c1-21-13(20)12-10(18)6(4-17)5-19(12)11-8(14)2-7(15)3-9(11)16/h2-3,5H,18H2,1H3. The molecule has 1 aromatic heterocycles. The van der Waals surface area contributed by atoms with Gasteiger partial charge in [0.15, 0.2) is 11.5 Å². The first-order valence-corrected chi connectivity index (χ1v) is 6.34. The Morgan fingerprint density at radius 3 is 2.67 bits per heavy atom. The Kier molecular flexibility index (Phi) is 3.95. The first-order valence-electron chi connectivity index (χ1n) is 5.54. The Labute approximate surface area is 126 Å². The Hall–Kier alpha value is -2.40. The second-order valence-corrected chi connectivity index (χ2v) is 4.85. The van der Waals surface area contributed by atoms with E-state index in [1.165, 1.54) is 6.20 Å². The van der Waals surface area contributed by atoms with Gasteiger partial charge in [-0.15, -0.1) is 0 Å². The molecule has 0 amide bonds. The van der Waals surface area contributed by atoms with Crippen molar-refractivity contribution >= 4 is 27.6 Å². The van der Waals surface area contributed by atoms with Gasteiger partial charge in [-0.25, -0.2) is 13.6 Å². The van der Waals surface area contributed by atoms with E-state index in [1.54, 1.807) is 6.07 Å². The number of rotatable bonds is 2. The predicted octanol–water partition coefficient (Wildman–Crippen LogP) is 2.76. The average molecular weight is 356 g/mol. The molecule has 0 spiro atoms. The van der Waals surface area contributed by atoms with E-state index in [9.17, 15) is 13.6 Å². The average Bonchev–Trinajstić information content (AvgIpc) is 2.73. The molecule has 0 radical (unpaired) electrons. The summed E-state index contributed by atoms with van der Waals surface area (Å²) in [6.45, 7) is 0. The highest BCUT2D eigenvalue weighted by atomic mass is 79.9. The zero-order valence-corrected chi connectivity index (χ0v) is 12.2. The van der Waals surface area contributed by atoms with Crippen LogP contribution in [0.25, 0.3) is 5.69 Å². The van der Waals surface area contributed by atoms with Gasteiger partial charge in [-0.2, -0.15) is 5.26 Å². The molecule has 0 atom stereocenters. The number of nitriles is 1. The molecule has 108 valence electrons. The maximum absolute atomic E-state index is 14.0. The van der Waals surface area contributed by atoms with E-state index in [0.717, 1.165) is 17.7 Å². The molecule has 1 heterocycles. The van der Waals surface area contributed by atoms with Gasteiger partial charge in [0.1, 0.15) is 11.9 Å². The maximum Gasteiger partial charge on any atom is 0.357 e. The third kappa shape index (κ3) is 2.48. The molecule has 0 bridgehead atoms. The number of carbonyl (C=O) groups is 1. The molecule has 2 aromatic rings. The molecule has 0 saturated heterocycles. The number of hydrogen-bond acceptors (Lipinski definition) is 4. The number of nitrogens with two attached hydrogens (primary N) is 1. The molecular formula is C13H8BrF2N3O2. The summed E-state index contributed by atoms with van der Waals surface area (Å²) < 4.78 is 32.9. The van der Waals surface area contributed by atoms with Crippen LogP contribution in [0.1, 0.15) is 16.1 Å². The molecule has 5 nitrogen and oxygen atoms in total. The van der Waals surface area contributed by atoms with Crippen LogP contribution in [-0.2, 0) is 4.74 Å². The van der Waals surface area contributed by atoms with E-state index in [4.69, 9.17) is 11.0 Å². The quantitative estimate of drug-likeness (QED) is 0.839. The topological polar surface area (TPSA) is 81.0 Å². The fraction of sp³-hybridized carbons (Fsp3) is 0.0769. The summed E-state index contributed by atoms with van der Waals surface area (Å²) in [4.78, 5) is 11.8. The maximum atomic E-state index is 14.0. The number of nitrogens with zero attached hydrogens (tertiary/aromatic N) is 2. The summed E-state index contributed by atoms with van der Waals surface area (Å²) in [5, 5.41) is 8.98. The first-order chi connectivity index (χ1) is 9.90. The third-order valence-electron chi connectivity index (χ3n) is 2.77. The molecular weight excluding hydrogens is 348 g/mol. The van der Waals surface area contributed by atoms with Crippen LogP contribution in [-0.4, -0.2) is 17.6 Å². The van der Waals surface area contributed by atoms with Gasteiger partial charge in [-0.1, -0.05) is 0 Å². The van der Waals surface area contributed by atoms with Crippen LogP contribution in [0.15, 0.2) is 22.8 Å². The van der Waals surface area contributed by atoms with E-state index >= 15 is 0 Å². The zero-order valence-electron chi connectivity index (χ0n) is 10.7. The molecule has 0 aliphatic heterocycles. The monoisotopic (exact) mass is 355 g/mol. The minimum absolute atomic E-state index is 0.0222. The molecule has 0 aliphatic rings. The lowest BCUT2D eigenvalue weighted by Crippen LogP contribution is -2.12. The lowest BCUT2D eigenvalue weighted by Gasteiger charge is -2.11. The summed E-state index contributed by atoms with van der Waals surface area (Å²) in [5.41, 5.74) is 5.19. The SMILES string of the molecule is COC(=O)c1c(N)c(C#N)cn1-c1c(F)cc(F)cc1Br. The van der Waals surface area contributed by atoms with Crippen LogP contribution < -0.4 is 5.73 Å². The van der Waals surface area contributed by atoms with Crippen molar-refractivity contribution < 1.29 is 18.3 Å². The number of anilines is 1. The Balaban J connectivity index is 2.82. The Morgan fingerprint density at radius 1 is 1.48 bits per heavy atom. The fourth-order valence-corrected chi connectivity index (χ4v) is 2.45. The van der Waals surface area contributed by atoms with Crippen molar-refractivity contribution in [1.82, 2.24) is 4.57 Å². The van der Waals surface area contributed by atoms with Crippen LogP contribution in [0.4, 0.5) is 14.5 Å². The number of carbonyl (C=O) groups excluding carboxylic acids is 1. The summed E-state index contributed by atoms with van der Waals surface area (Å²) in [6, 6.07) is 3.48. The first kappa shape index (κ1) is 15.0. The van der Waals surface area contributed by atoms with Crippen LogP contribution >= 0.6 is 15.9 Å². The van der Waals surface area contributed by atoms with Crippen LogP contribution in [0.2, 0.25) is 0 Å². The van der Waals surface area contributed by atoms with E-state index in [0.29, 0.717) is 6.07 Å². The van der Waals surface area contributed by atoms with Gasteiger partial charge in [0.2, 0.25) is 0 Å². The molecule has 8 heteroatoms. The van der Waals surface area contributed by atoms with Gasteiger partial charge in [-0.3, -0.25) is 0 Å². The summed E-state index contributed by atoms with van der Waals surface area (Å²) in [7, 11) is 1.13. The smallest absolute Gasteiger partial charge is 0.357 e. The zero-order chi connectivity index (χ0) is 15.7. The molecule has 0 fully saturated rings. The highest BCUT2D eigenvalue weighted by molar-refractivity contribution is 9.10. The summed E-state index contributed by atoms with van der Waals surface area (Å²) >= 11 is 3.02. The van der Waals surface area contributed by atoms with Gasteiger partial charge in [0.05, 0.1) is 24.0 Å². The molecule has 21 heavy (non-hydrogen) atoms. The molecule has 2 rings (SSSR count). The van der Waals surface area contributed by atoms with E-state index in [-0.39, 0.29) is 27.1 Å². The molecule has 0 unspecified atom stereocenters. The second kappa shape index (κ2) is 5.54. The van der Waals surface area contributed by atoms with E-state index < -0.39 is 17.6 Å². The van der Waals surface area contributed by atoms with Gasteiger partial charge in [0.25, 0.3) is 0 Å². The van der Waals surface area contributed by atoms with Gasteiger partial charge >= 0.3 is 5.97 Å². The number of aromatic nitrogens is 1. The van der Waals surface area contributed by atoms with Crippen molar-refractivity contribution in [2.45, 2.75) is 0 Å². The third-order valence-corrected chi connectivity index (χ3v) is 3.37. The predicted molar refractivity (Wildman–Crippen MR) is 73.9 cm³/mol. The molecule has 0 aliphatic carbocycles. The van der Waals surface area contributed by atoms with Crippen molar-refractivity contribution in [3.05, 3.63) is 45.7 Å². The highest BCUT2D eigenvalue weighted by Crippen LogP contribution is 2.31. The van der Waals surface area contributed by atoms with E-state index in [1.807, 2.05) is 0 Å². The van der Waals surface area contributed by atoms with Crippen LogP contribution in [0, 0.1) is 23.0 Å². The Morgan fingerprint density at radius 2 is 2.14 bits per heavy atom. The summed E-state index contributed by atoms with van der Waals surface area (Å²) in [5.74, 6) is -2.56. The van der Waals surface area contributed by atoms with Crippen molar-refractivity contribution in [2.24, 2.45) is 0 Å². The minimum atomic E-state index is -0.925. The van der Waals surface area contributed by atoms with Gasteiger partial charge in [0, 0.05) is 16.7 Å². The lowest BCUT2D eigenvalue weighted by molar-refractivity contribution is 0.0593. The highest BCUT2D eigenvalue weighted by Gasteiger charge is 2.24. The van der Waals surface area contributed by atoms with Gasteiger partial charge < -0.3 is 15.0 Å². The number of nitrogen functional groups attached to an aromatic ring is 1.